The summed E-state index contributed by atoms with van der Waals surface area (Å²) in [5.41, 5.74) is 1.13. The summed E-state index contributed by atoms with van der Waals surface area (Å²) in [5.74, 6) is 1.81. The first kappa shape index (κ1) is 67.6. The number of carbonyl (C=O) groups is 3. The number of nitrogens with one attached hydrogen (secondary N) is 8. The molecule has 8 N–H and O–H groups in total. The van der Waals surface area contributed by atoms with Gasteiger partial charge in [-0.2, -0.15) is 13.2 Å². The van der Waals surface area contributed by atoms with Crippen molar-refractivity contribution in [3.8, 4) is 45.7 Å². The number of methoxy groups -OCH3 is 2. The molecule has 10 rings (SSSR count). The minimum absolute atomic E-state index is 0. The Bertz CT molecular complexity index is 4310. The topological polar surface area (TPSA) is 296 Å². The second-order valence-electron chi connectivity index (χ2n) is 21.5. The van der Waals surface area contributed by atoms with E-state index in [-0.39, 0.29) is 29.0 Å². The Kier molecular flexibility index (Phi) is 21.0. The van der Waals surface area contributed by atoms with Gasteiger partial charge in [-0.1, -0.05) is 48.7 Å². The van der Waals surface area contributed by atoms with Gasteiger partial charge < -0.3 is 55.9 Å². The van der Waals surface area contributed by atoms with E-state index in [9.17, 15) is 36.3 Å². The van der Waals surface area contributed by atoms with Crippen LogP contribution in [0.1, 0.15) is 72.7 Å². The number of aromatic amines is 3. The Morgan fingerprint density at radius 3 is 1.51 bits per heavy atom. The van der Waals surface area contributed by atoms with Gasteiger partial charge in [0.05, 0.1) is 41.3 Å². The molecule has 0 unspecified atom stereocenters. The van der Waals surface area contributed by atoms with Crippen molar-refractivity contribution in [3.63, 3.8) is 0 Å². The molecule has 10 aromatic rings. The van der Waals surface area contributed by atoms with Crippen LogP contribution in [-0.4, -0.2) is 153 Å². The quantitative estimate of drug-likeness (QED) is 0.0329. The summed E-state index contributed by atoms with van der Waals surface area (Å²) in [7, 11) is 4.74. The molecule has 0 saturated carbocycles. The number of rotatable bonds is 20. The lowest BCUT2D eigenvalue weighted by Crippen LogP contribution is -2.51. The minimum Gasteiger partial charge on any atom is -0.493 e. The van der Waals surface area contributed by atoms with E-state index in [4.69, 9.17) is 44.3 Å². The van der Waals surface area contributed by atoms with Crippen molar-refractivity contribution in [2.75, 3.05) is 56.9 Å². The molecule has 3 amide bonds. The van der Waals surface area contributed by atoms with Crippen molar-refractivity contribution in [2.45, 2.75) is 90.5 Å². The summed E-state index contributed by atoms with van der Waals surface area (Å²) < 4.78 is 73.6. The molecule has 0 radical (unpaired) electrons. The van der Waals surface area contributed by atoms with Crippen LogP contribution >= 0.6 is 34.8 Å². The number of anilines is 3. The SMILES string of the molecule is CCN(C)C(=O)[C@@](C)(CC)Nc1ccnc(-c2c[nH]c3ncc(Cl)cc23)n1.CC[C@@](C)(Nc1ccnc(-c2c[nH]c3ncc(Cl)cc23)n1)C(=O)NCC(F)F.COc1cc2nc(-c3c[nH]c4ncc(Cl)cc34)nc(NC(C)(C)C(=O)NCC(F)(F)F)c2cc1OC.[HH].[HH].[HH].[HH].[HH].[HH].[HH].[HH]. The third-order valence-corrected chi connectivity index (χ3v) is 15.2. The van der Waals surface area contributed by atoms with Crippen molar-refractivity contribution in [1.82, 2.24) is 75.3 Å². The van der Waals surface area contributed by atoms with Gasteiger partial charge in [-0.25, -0.2) is 53.6 Å². The summed E-state index contributed by atoms with van der Waals surface area (Å²) in [5, 5.41) is 17.6. The Balaban J connectivity index is 0.00000142. The Labute approximate surface area is 544 Å². The second-order valence-corrected chi connectivity index (χ2v) is 22.8. The molecule has 0 aliphatic carbocycles. The molecule has 0 aliphatic heterocycles. The average molecular weight is 1330 g/mol. The third-order valence-electron chi connectivity index (χ3n) is 14.6. The molecule has 23 nitrogen and oxygen atoms in total. The van der Waals surface area contributed by atoms with Crippen LogP contribution in [0.3, 0.4) is 0 Å². The molecule has 0 aliphatic rings. The molecular weight excluding hydrogens is 1250 g/mol. The smallest absolute Gasteiger partial charge is 0.405 e. The lowest BCUT2D eigenvalue weighted by molar-refractivity contribution is -0.140. The van der Waals surface area contributed by atoms with Gasteiger partial charge in [0.2, 0.25) is 17.7 Å². The zero-order valence-electron chi connectivity index (χ0n) is 50.8. The predicted octanol–water partition coefficient (Wildman–Crippen LogP) is 14.0. The lowest BCUT2D eigenvalue weighted by atomic mass is 9.97. The number of fused-ring (bicyclic) bond motifs is 4. The molecule has 91 heavy (non-hydrogen) atoms. The van der Waals surface area contributed by atoms with Crippen LogP contribution in [0, 0.1) is 0 Å². The van der Waals surface area contributed by atoms with Crippen LogP contribution < -0.4 is 36.1 Å². The van der Waals surface area contributed by atoms with Gasteiger partial charge in [-0.15, -0.1) is 0 Å². The molecule has 0 fully saturated rings. The summed E-state index contributed by atoms with van der Waals surface area (Å²) in [6.07, 6.45) is 6.88. The van der Waals surface area contributed by atoms with Gasteiger partial charge >= 0.3 is 6.18 Å². The number of halogens is 8. The number of likely N-dealkylation sites (N-methyl/N-ethyl adjacent to an activating group) is 1. The fourth-order valence-electron chi connectivity index (χ4n) is 9.12. The number of ether oxygens (including phenoxy) is 2. The average Bonchev–Trinajstić information content (AvgIpc) is 1.75. The molecule has 496 valence electrons. The number of carbonyl (C=O) groups excluding carboxylic acids is 3. The molecule has 0 spiro atoms. The first-order valence-electron chi connectivity index (χ1n) is 28.1. The fraction of sp³-hybridized carbons (Fsp3) is 0.333. The first-order valence-corrected chi connectivity index (χ1v) is 29.3. The number of amides is 3. The van der Waals surface area contributed by atoms with E-state index in [0.29, 0.717) is 108 Å². The zero-order chi connectivity index (χ0) is 66.2. The molecule has 9 heterocycles. The van der Waals surface area contributed by atoms with Crippen LogP contribution in [0.25, 0.3) is 78.2 Å². The lowest BCUT2D eigenvalue weighted by Gasteiger charge is -2.32. The highest BCUT2D eigenvalue weighted by Crippen LogP contribution is 2.38. The number of alkyl halides is 5. The van der Waals surface area contributed by atoms with Gasteiger partial charge in [-0.3, -0.25) is 14.4 Å². The molecule has 0 bridgehead atoms. The van der Waals surface area contributed by atoms with E-state index in [1.807, 2.05) is 38.4 Å². The zero-order valence-corrected chi connectivity index (χ0v) is 53.1. The number of hydrogen-bond donors (Lipinski definition) is 8. The number of nitrogens with zero attached hydrogens (tertiary/aromatic N) is 10. The first-order chi connectivity index (χ1) is 43.1. The Morgan fingerprint density at radius 2 is 1.07 bits per heavy atom. The normalized spacial score (nSPS) is 12.9. The standard InChI is InChI=1S/C23H22ClF3N6O3.C19H23ClN6O.C18H19ClF2N6O.8H2/c1-22(2,21(34)30-10-23(25,26)27)33-20-13-6-16(35-3)17(36-4)7-15(13)31-19(32-20)14-9-29-18-12(14)5-11(24)8-28-18;1-5-19(3,18(27)26(4)6-2)25-15-7-8-21-17(24-15)14-11-23-16-13(14)9-12(20)10-22-16;1-3-18(2,17(28)25-9-13(20)21)27-14-4-5-22-16(26-14)12-8-24-15-11(12)6-10(19)7-23-15;;;;;;;;/h5-9H,10H2,1-4H3,(H,28,29)(H,30,34)(H,31,32,33);7-11H,5-6H2,1-4H3,(H,22,23)(H,21,24,25);4-8,13H,3,9H2,1-2H3,(H,23,24)(H,25,28)(H,22,26,27);8*1H/t;19-;18-;;;;;;;;/m.11......../s1. The maximum absolute atomic E-state index is 12.7. The van der Waals surface area contributed by atoms with Crippen molar-refractivity contribution in [2.24, 2.45) is 0 Å². The van der Waals surface area contributed by atoms with Gasteiger partial charge in [0.15, 0.2) is 29.0 Å². The van der Waals surface area contributed by atoms with Crippen LogP contribution in [0.5, 0.6) is 11.5 Å². The van der Waals surface area contributed by atoms with Crippen LogP contribution in [0.15, 0.2) is 92.0 Å². The van der Waals surface area contributed by atoms with Crippen molar-refractivity contribution in [3.05, 3.63) is 107 Å². The van der Waals surface area contributed by atoms with E-state index >= 15 is 0 Å². The van der Waals surface area contributed by atoms with Gasteiger partial charge in [0.25, 0.3) is 6.43 Å². The van der Waals surface area contributed by atoms with Gasteiger partial charge in [-0.05, 0) is 83.9 Å². The van der Waals surface area contributed by atoms with E-state index < -0.39 is 54.1 Å². The summed E-state index contributed by atoms with van der Waals surface area (Å²) >= 11 is 18.2. The second kappa shape index (κ2) is 28.3. The van der Waals surface area contributed by atoms with Crippen molar-refractivity contribution >= 4 is 114 Å². The molecule has 2 atom stereocenters. The summed E-state index contributed by atoms with van der Waals surface area (Å²) in [4.78, 5) is 88.3. The molecular formula is C60H80Cl3F5N18O5. The fourth-order valence-corrected chi connectivity index (χ4v) is 9.60. The third kappa shape index (κ3) is 16.0. The number of H-pyrrole nitrogens is 3. The molecule has 9 aromatic heterocycles. The van der Waals surface area contributed by atoms with E-state index in [0.717, 1.165) is 22.0 Å². The molecule has 0 saturated heterocycles. The van der Waals surface area contributed by atoms with Gasteiger partial charge in [0.1, 0.15) is 57.6 Å². The van der Waals surface area contributed by atoms with E-state index in [1.54, 1.807) is 93.2 Å². The number of hydrogen-bond acceptors (Lipinski definition) is 17. The maximum atomic E-state index is 12.7. The van der Waals surface area contributed by atoms with Crippen LogP contribution in [0.4, 0.5) is 39.4 Å². The van der Waals surface area contributed by atoms with E-state index in [2.05, 4.69) is 81.1 Å². The number of benzene rings is 1. The maximum Gasteiger partial charge on any atom is 0.405 e. The minimum atomic E-state index is -4.55. The van der Waals surface area contributed by atoms with Gasteiger partial charge in [0, 0.05) is 119 Å². The molecule has 1 aromatic carbocycles. The summed E-state index contributed by atoms with van der Waals surface area (Å²) in [6, 6.07) is 11.9. The Morgan fingerprint density at radius 1 is 0.604 bits per heavy atom. The highest BCUT2D eigenvalue weighted by atomic mass is 35.5. The highest BCUT2D eigenvalue weighted by molar-refractivity contribution is 6.32. The van der Waals surface area contributed by atoms with Crippen molar-refractivity contribution in [1.29, 1.82) is 0 Å². The van der Waals surface area contributed by atoms with Crippen molar-refractivity contribution < 1.29 is 57.2 Å². The Hall–Kier alpha value is -9.28. The number of pyridine rings is 3. The van der Waals surface area contributed by atoms with E-state index in [1.165, 1.54) is 40.5 Å². The molecule has 31 heteroatoms. The van der Waals surface area contributed by atoms with Crippen LogP contribution in [0.2, 0.25) is 15.1 Å². The number of aromatic nitrogens is 12. The van der Waals surface area contributed by atoms with Crippen LogP contribution in [-0.2, 0) is 14.4 Å². The largest absolute Gasteiger partial charge is 0.493 e. The predicted molar refractivity (Wildman–Crippen MR) is 358 cm³/mol. The monoisotopic (exact) mass is 1330 g/mol. The highest BCUT2D eigenvalue weighted by Gasteiger charge is 2.36. The summed E-state index contributed by atoms with van der Waals surface area (Å²) in [6.45, 7) is 10.6.